The minimum Gasteiger partial charge on any atom is -0.339 e. The van der Waals surface area contributed by atoms with E-state index in [-0.39, 0.29) is 19.1 Å². The fourth-order valence-corrected chi connectivity index (χ4v) is 6.06. The van der Waals surface area contributed by atoms with Crippen LogP contribution >= 0.6 is 8.58 Å². The van der Waals surface area contributed by atoms with E-state index in [4.69, 9.17) is 14.2 Å². The predicted octanol–water partition coefficient (Wildman–Crippen LogP) is 2.02. The van der Waals surface area contributed by atoms with E-state index in [1.165, 1.54) is 0 Å². The quantitative estimate of drug-likeness (QED) is 0.468. The van der Waals surface area contributed by atoms with E-state index in [9.17, 15) is 0 Å². The normalized spacial score (nSPS) is 63.2. The molecule has 5 heteroatoms. The lowest BCUT2D eigenvalue weighted by atomic mass is 9.98. The first-order valence-corrected chi connectivity index (χ1v) is 6.14. The zero-order valence-electron chi connectivity index (χ0n) is 9.72. The molecule has 0 aromatic rings. The van der Waals surface area contributed by atoms with E-state index >= 15 is 0 Å². The van der Waals surface area contributed by atoms with Gasteiger partial charge in [0, 0.05) is 21.3 Å². The van der Waals surface area contributed by atoms with Gasteiger partial charge in [0.2, 0.25) is 0 Å². The summed E-state index contributed by atoms with van der Waals surface area (Å²) >= 11 is 0. The van der Waals surface area contributed by atoms with Crippen molar-refractivity contribution in [1.29, 1.82) is 0 Å². The van der Waals surface area contributed by atoms with Crippen LogP contribution < -0.4 is 0 Å². The molecular formula is C10H17BO3P. The Morgan fingerprint density at radius 1 is 0.800 bits per heavy atom. The smallest absolute Gasteiger partial charge is 0.173 e. The molecule has 4 unspecified atom stereocenters. The van der Waals surface area contributed by atoms with E-state index in [0.717, 1.165) is 12.8 Å². The van der Waals surface area contributed by atoms with Crippen molar-refractivity contribution in [3.8, 4) is 0 Å². The van der Waals surface area contributed by atoms with Crippen LogP contribution in [0.3, 0.4) is 0 Å². The largest absolute Gasteiger partial charge is 0.339 e. The van der Waals surface area contributed by atoms with Crippen LogP contribution in [-0.2, 0) is 14.2 Å². The Bertz CT molecular complexity index is 213. The highest BCUT2D eigenvalue weighted by atomic mass is 31.1. The highest BCUT2D eigenvalue weighted by Gasteiger charge is 2.66. The number of rotatable bonds is 0. The second kappa shape index (κ2) is 2.79. The molecule has 3 radical (unpaired) electrons. The summed E-state index contributed by atoms with van der Waals surface area (Å²) in [5, 5.41) is -0.0694. The predicted molar refractivity (Wildman–Crippen MR) is 60.2 cm³/mol. The molecule has 4 saturated heterocycles. The lowest BCUT2D eigenvalue weighted by Crippen LogP contribution is -2.69. The maximum absolute atomic E-state index is 6.04. The summed E-state index contributed by atoms with van der Waals surface area (Å²) in [5.74, 6) is -0.861. The highest BCUT2D eigenvalue weighted by Crippen LogP contribution is 2.67. The topological polar surface area (TPSA) is 27.7 Å². The van der Waals surface area contributed by atoms with E-state index < -0.39 is 11.6 Å². The van der Waals surface area contributed by atoms with Crippen molar-refractivity contribution in [2.75, 3.05) is 0 Å². The summed E-state index contributed by atoms with van der Waals surface area (Å²) in [4.78, 5) is 0. The molecule has 15 heavy (non-hydrogen) atoms. The fourth-order valence-electron chi connectivity index (χ4n) is 3.59. The van der Waals surface area contributed by atoms with Crippen molar-refractivity contribution >= 4 is 17.0 Å². The average Bonchev–Trinajstić information content (AvgIpc) is 1.67. The molecule has 4 rings (SSSR count). The standard InChI is InChI=1S/C10H17O3P.B/c1-7-5-9(3)13-8(2,11-7)6-10(4,12-7)14-9;/h14H,5-6H2,1-4H3;. The van der Waals surface area contributed by atoms with Crippen molar-refractivity contribution in [1.82, 2.24) is 0 Å². The van der Waals surface area contributed by atoms with Gasteiger partial charge < -0.3 is 14.2 Å². The van der Waals surface area contributed by atoms with Gasteiger partial charge in [-0.2, -0.15) is 0 Å². The fraction of sp³-hybridized carbons (Fsp3) is 1.00. The van der Waals surface area contributed by atoms with Crippen LogP contribution in [0.1, 0.15) is 40.5 Å². The number of ether oxygens (including phenoxy) is 3. The van der Waals surface area contributed by atoms with Gasteiger partial charge in [0.05, 0.1) is 10.7 Å². The van der Waals surface area contributed by atoms with Gasteiger partial charge in [-0.15, -0.1) is 0 Å². The second-order valence-electron chi connectivity index (χ2n) is 5.51. The molecule has 0 amide bonds. The molecule has 0 saturated carbocycles. The molecule has 4 heterocycles. The van der Waals surface area contributed by atoms with Gasteiger partial charge in [0.25, 0.3) is 0 Å². The molecule has 4 aliphatic rings. The Morgan fingerprint density at radius 2 is 1.20 bits per heavy atom. The molecule has 0 aromatic heterocycles. The lowest BCUT2D eigenvalue weighted by molar-refractivity contribution is -0.467. The third-order valence-electron chi connectivity index (χ3n) is 3.16. The van der Waals surface area contributed by atoms with Crippen molar-refractivity contribution < 1.29 is 14.2 Å². The van der Waals surface area contributed by atoms with Crippen molar-refractivity contribution in [2.24, 2.45) is 0 Å². The Balaban J connectivity index is 0.000000853. The summed E-state index contributed by atoms with van der Waals surface area (Å²) in [6.45, 7) is 8.44. The lowest BCUT2D eigenvalue weighted by Gasteiger charge is -2.66. The first-order valence-electron chi connectivity index (χ1n) is 5.14. The Labute approximate surface area is 94.6 Å². The maximum atomic E-state index is 6.04. The van der Waals surface area contributed by atoms with Gasteiger partial charge in [0.1, 0.15) is 0 Å². The third-order valence-corrected chi connectivity index (χ3v) is 4.78. The van der Waals surface area contributed by atoms with Gasteiger partial charge >= 0.3 is 0 Å². The van der Waals surface area contributed by atoms with E-state index in [1.54, 1.807) is 0 Å². The highest BCUT2D eigenvalue weighted by molar-refractivity contribution is 7.41. The molecule has 83 valence electrons. The molecule has 4 fully saturated rings. The molecule has 0 aliphatic carbocycles. The van der Waals surface area contributed by atoms with Crippen LogP contribution in [0.25, 0.3) is 0 Å². The first kappa shape index (κ1) is 11.8. The van der Waals surface area contributed by atoms with Gasteiger partial charge in [-0.05, 0) is 27.7 Å². The van der Waals surface area contributed by atoms with E-state index in [1.807, 2.05) is 13.8 Å². The van der Waals surface area contributed by atoms with Crippen LogP contribution in [0, 0.1) is 0 Å². The molecule has 0 aromatic carbocycles. The zero-order valence-corrected chi connectivity index (χ0v) is 10.7. The Hall–Kier alpha value is 0.375. The van der Waals surface area contributed by atoms with Crippen LogP contribution in [0.4, 0.5) is 0 Å². The van der Waals surface area contributed by atoms with Crippen molar-refractivity contribution in [3.63, 3.8) is 0 Å². The summed E-state index contributed by atoms with van der Waals surface area (Å²) in [6, 6.07) is 0. The van der Waals surface area contributed by atoms with Crippen molar-refractivity contribution in [2.45, 2.75) is 62.8 Å². The van der Waals surface area contributed by atoms with Crippen LogP contribution in [-0.4, -0.2) is 30.7 Å². The molecule has 4 atom stereocenters. The Kier molecular flexibility index (Phi) is 2.20. The average molecular weight is 227 g/mol. The summed E-state index contributed by atoms with van der Waals surface area (Å²) in [7, 11) is 0.713. The van der Waals surface area contributed by atoms with Gasteiger partial charge in [0.15, 0.2) is 11.6 Å². The minimum atomic E-state index is -0.431. The van der Waals surface area contributed by atoms with Crippen LogP contribution in [0.5, 0.6) is 0 Å². The molecular weight excluding hydrogens is 210 g/mol. The maximum Gasteiger partial charge on any atom is 0.173 e. The second-order valence-corrected chi connectivity index (χ2v) is 7.88. The number of hydrogen-bond donors (Lipinski definition) is 0. The Morgan fingerprint density at radius 3 is 1.53 bits per heavy atom. The summed E-state index contributed by atoms with van der Waals surface area (Å²) < 4.78 is 18.0. The minimum absolute atomic E-state index is 0. The molecule has 0 spiro atoms. The van der Waals surface area contributed by atoms with Crippen LogP contribution in [0.15, 0.2) is 0 Å². The monoisotopic (exact) mass is 227 g/mol. The summed E-state index contributed by atoms with van der Waals surface area (Å²) in [5.41, 5.74) is 0. The molecule has 3 nitrogen and oxygen atoms in total. The van der Waals surface area contributed by atoms with E-state index in [0.29, 0.717) is 8.58 Å². The number of hydrogen-bond acceptors (Lipinski definition) is 3. The van der Waals surface area contributed by atoms with Gasteiger partial charge in [-0.25, -0.2) is 0 Å². The zero-order chi connectivity index (χ0) is 10.2. The van der Waals surface area contributed by atoms with Gasteiger partial charge in [-0.1, -0.05) is 8.58 Å². The first-order chi connectivity index (χ1) is 6.24. The van der Waals surface area contributed by atoms with Crippen LogP contribution in [0.2, 0.25) is 0 Å². The van der Waals surface area contributed by atoms with E-state index in [2.05, 4.69) is 13.8 Å². The molecule has 0 N–H and O–H groups in total. The van der Waals surface area contributed by atoms with Crippen molar-refractivity contribution in [3.05, 3.63) is 0 Å². The summed E-state index contributed by atoms with van der Waals surface area (Å²) in [6.07, 6.45) is 1.70. The molecule has 4 bridgehead atoms. The molecule has 4 aliphatic heterocycles. The van der Waals surface area contributed by atoms with Gasteiger partial charge in [-0.3, -0.25) is 0 Å². The SMILES string of the molecule is CC12CC3(C)OC(C)(CC(C)(O1)P3)O2.[B]. The third kappa shape index (κ3) is 1.66.